The second kappa shape index (κ2) is 7.90. The second-order valence-corrected chi connectivity index (χ2v) is 6.46. The Bertz CT molecular complexity index is 1180. The van der Waals surface area contributed by atoms with Gasteiger partial charge in [0, 0.05) is 16.7 Å². The maximum atomic E-state index is 5.59. The molecule has 0 aliphatic rings. The van der Waals surface area contributed by atoms with Crippen molar-refractivity contribution >= 4 is 10.8 Å². The number of ether oxygens (including phenoxy) is 2. The van der Waals surface area contributed by atoms with Crippen LogP contribution in [0.1, 0.15) is 11.1 Å². The average molecular weight is 364 g/mol. The molecule has 2 nitrogen and oxygen atoms in total. The van der Waals surface area contributed by atoms with Gasteiger partial charge in [0.2, 0.25) is 0 Å². The molecule has 0 atom stereocenters. The molecule has 136 valence electrons. The number of hydrogen-bond donors (Lipinski definition) is 0. The molecule has 4 aromatic carbocycles. The van der Waals surface area contributed by atoms with Crippen LogP contribution in [0.15, 0.2) is 84.9 Å². The third kappa shape index (κ3) is 3.70. The molecule has 0 aliphatic carbocycles. The van der Waals surface area contributed by atoms with Crippen LogP contribution < -0.4 is 9.47 Å². The predicted octanol–water partition coefficient (Wildman–Crippen LogP) is 5.92. The largest absolute Gasteiger partial charge is 0.497 e. The molecule has 4 aromatic rings. The van der Waals surface area contributed by atoms with Gasteiger partial charge >= 0.3 is 0 Å². The first kappa shape index (κ1) is 17.7. The molecular weight excluding hydrogens is 344 g/mol. The van der Waals surface area contributed by atoms with Crippen molar-refractivity contribution in [1.29, 1.82) is 0 Å². The summed E-state index contributed by atoms with van der Waals surface area (Å²) >= 11 is 0. The Labute approximate surface area is 165 Å². The molecule has 2 heteroatoms. The fourth-order valence-corrected chi connectivity index (χ4v) is 3.20. The van der Waals surface area contributed by atoms with Crippen LogP contribution in [0.5, 0.6) is 11.5 Å². The van der Waals surface area contributed by atoms with E-state index in [2.05, 4.69) is 48.2 Å². The lowest BCUT2D eigenvalue weighted by atomic mass is 10.0. The van der Waals surface area contributed by atoms with Gasteiger partial charge in [-0.2, -0.15) is 0 Å². The number of rotatable bonds is 3. The van der Waals surface area contributed by atoms with Gasteiger partial charge in [-0.3, -0.25) is 0 Å². The zero-order valence-electron chi connectivity index (χ0n) is 15.9. The van der Waals surface area contributed by atoms with E-state index in [1.807, 2.05) is 48.5 Å². The molecule has 0 amide bonds. The molecule has 0 fully saturated rings. The van der Waals surface area contributed by atoms with E-state index < -0.39 is 0 Å². The highest BCUT2D eigenvalue weighted by molar-refractivity contribution is 5.85. The van der Waals surface area contributed by atoms with Crippen LogP contribution in [-0.4, -0.2) is 14.2 Å². The standard InChI is InChI=1S/C26H20O2/c1-27-24-14-13-22-16-19(10-12-23(22)18-24)8-9-20-11-15-25(26(17-20)28-2)21-6-4-3-5-7-21/h3-7,10-18H,1-2H3. The number of hydrogen-bond acceptors (Lipinski definition) is 2. The zero-order valence-corrected chi connectivity index (χ0v) is 15.9. The van der Waals surface area contributed by atoms with Crippen molar-refractivity contribution in [2.45, 2.75) is 0 Å². The molecule has 0 aromatic heterocycles. The smallest absolute Gasteiger partial charge is 0.127 e. The van der Waals surface area contributed by atoms with Crippen molar-refractivity contribution in [2.24, 2.45) is 0 Å². The van der Waals surface area contributed by atoms with Gasteiger partial charge in [-0.1, -0.05) is 54.3 Å². The monoisotopic (exact) mass is 364 g/mol. The molecule has 0 aliphatic heterocycles. The summed E-state index contributed by atoms with van der Waals surface area (Å²) in [5, 5.41) is 2.28. The minimum Gasteiger partial charge on any atom is -0.497 e. The summed E-state index contributed by atoms with van der Waals surface area (Å²) in [4.78, 5) is 0. The van der Waals surface area contributed by atoms with E-state index in [0.29, 0.717) is 0 Å². The highest BCUT2D eigenvalue weighted by atomic mass is 16.5. The van der Waals surface area contributed by atoms with E-state index in [1.165, 1.54) is 0 Å². The van der Waals surface area contributed by atoms with Gasteiger partial charge in [-0.05, 0) is 58.8 Å². The van der Waals surface area contributed by atoms with E-state index in [-0.39, 0.29) is 0 Å². The van der Waals surface area contributed by atoms with Gasteiger partial charge in [-0.15, -0.1) is 0 Å². The summed E-state index contributed by atoms with van der Waals surface area (Å²) in [5.41, 5.74) is 4.09. The minimum atomic E-state index is 0.823. The van der Waals surface area contributed by atoms with Crippen molar-refractivity contribution in [3.8, 4) is 34.5 Å². The fourth-order valence-electron chi connectivity index (χ4n) is 3.20. The van der Waals surface area contributed by atoms with Crippen molar-refractivity contribution in [3.63, 3.8) is 0 Å². The summed E-state index contributed by atoms with van der Waals surface area (Å²) < 4.78 is 10.9. The molecule has 0 heterocycles. The van der Waals surface area contributed by atoms with Gasteiger partial charge in [0.1, 0.15) is 11.5 Å². The first-order valence-corrected chi connectivity index (χ1v) is 9.10. The van der Waals surface area contributed by atoms with Gasteiger partial charge < -0.3 is 9.47 Å². The maximum Gasteiger partial charge on any atom is 0.127 e. The van der Waals surface area contributed by atoms with Crippen molar-refractivity contribution in [2.75, 3.05) is 14.2 Å². The highest BCUT2D eigenvalue weighted by Gasteiger charge is 2.06. The molecular formula is C26H20O2. The van der Waals surface area contributed by atoms with Crippen LogP contribution in [-0.2, 0) is 0 Å². The number of fused-ring (bicyclic) bond motifs is 1. The Morgan fingerprint density at radius 2 is 1.29 bits per heavy atom. The quantitative estimate of drug-likeness (QED) is 0.420. The lowest BCUT2D eigenvalue weighted by molar-refractivity contribution is 0.415. The van der Waals surface area contributed by atoms with E-state index in [0.717, 1.165) is 44.5 Å². The summed E-state index contributed by atoms with van der Waals surface area (Å²) in [7, 11) is 3.37. The average Bonchev–Trinajstić information content (AvgIpc) is 2.77. The maximum absolute atomic E-state index is 5.59. The summed E-state index contributed by atoms with van der Waals surface area (Å²) in [6, 6.07) is 28.5. The predicted molar refractivity (Wildman–Crippen MR) is 115 cm³/mol. The van der Waals surface area contributed by atoms with Crippen molar-refractivity contribution < 1.29 is 9.47 Å². The third-order valence-corrected chi connectivity index (χ3v) is 4.68. The van der Waals surface area contributed by atoms with Crippen molar-refractivity contribution in [3.05, 3.63) is 96.1 Å². The summed E-state index contributed by atoms with van der Waals surface area (Å²) in [5.74, 6) is 8.18. The van der Waals surface area contributed by atoms with Crippen LogP contribution in [0.3, 0.4) is 0 Å². The Balaban J connectivity index is 1.65. The summed E-state index contributed by atoms with van der Waals surface area (Å²) in [6.07, 6.45) is 0. The van der Waals surface area contributed by atoms with Crippen LogP contribution >= 0.6 is 0 Å². The molecule has 0 N–H and O–H groups in total. The van der Waals surface area contributed by atoms with Gasteiger partial charge in [0.15, 0.2) is 0 Å². The fraction of sp³-hybridized carbons (Fsp3) is 0.0769. The Morgan fingerprint density at radius 3 is 2.04 bits per heavy atom. The Kier molecular flexibility index (Phi) is 4.99. The lowest BCUT2D eigenvalue weighted by Gasteiger charge is -2.09. The molecule has 0 unspecified atom stereocenters. The topological polar surface area (TPSA) is 18.5 Å². The van der Waals surface area contributed by atoms with Gasteiger partial charge in [0.25, 0.3) is 0 Å². The van der Waals surface area contributed by atoms with Crippen LogP contribution in [0.25, 0.3) is 21.9 Å². The Morgan fingerprint density at radius 1 is 0.607 bits per heavy atom. The first-order valence-electron chi connectivity index (χ1n) is 9.10. The summed E-state index contributed by atoms with van der Waals surface area (Å²) in [6.45, 7) is 0. The molecule has 0 spiro atoms. The molecule has 0 saturated heterocycles. The van der Waals surface area contributed by atoms with Crippen LogP contribution in [0, 0.1) is 11.8 Å². The number of methoxy groups -OCH3 is 2. The lowest BCUT2D eigenvalue weighted by Crippen LogP contribution is -1.89. The van der Waals surface area contributed by atoms with E-state index in [4.69, 9.17) is 9.47 Å². The third-order valence-electron chi connectivity index (χ3n) is 4.68. The highest BCUT2D eigenvalue weighted by Crippen LogP contribution is 2.30. The second-order valence-electron chi connectivity index (χ2n) is 6.46. The molecule has 28 heavy (non-hydrogen) atoms. The van der Waals surface area contributed by atoms with E-state index in [9.17, 15) is 0 Å². The molecule has 0 saturated carbocycles. The van der Waals surface area contributed by atoms with E-state index >= 15 is 0 Å². The molecule has 0 radical (unpaired) electrons. The minimum absolute atomic E-state index is 0.823. The zero-order chi connectivity index (χ0) is 19.3. The number of benzene rings is 4. The van der Waals surface area contributed by atoms with Gasteiger partial charge in [0.05, 0.1) is 14.2 Å². The SMILES string of the molecule is COc1ccc2cc(C#Cc3ccc(-c4ccccc4)c(OC)c3)ccc2c1. The normalized spacial score (nSPS) is 10.2. The van der Waals surface area contributed by atoms with Crippen molar-refractivity contribution in [1.82, 2.24) is 0 Å². The first-order chi connectivity index (χ1) is 13.8. The van der Waals surface area contributed by atoms with Crippen LogP contribution in [0.2, 0.25) is 0 Å². The molecule has 4 rings (SSSR count). The Hall–Kier alpha value is -3.70. The van der Waals surface area contributed by atoms with E-state index in [1.54, 1.807) is 14.2 Å². The van der Waals surface area contributed by atoms with Gasteiger partial charge in [-0.25, -0.2) is 0 Å². The molecule has 0 bridgehead atoms. The van der Waals surface area contributed by atoms with Crippen LogP contribution in [0.4, 0.5) is 0 Å².